The van der Waals surface area contributed by atoms with Crippen LogP contribution in [0.2, 0.25) is 8.35 Å². The molecular formula is C12H30InN3. The number of hydrogen-bond acceptors (Lipinski definition) is 2. The Hall–Kier alpha value is 0.750. The summed E-state index contributed by atoms with van der Waals surface area (Å²) in [6, 6.07) is 0. The van der Waals surface area contributed by atoms with E-state index in [0.717, 1.165) is 26.2 Å². The van der Waals surface area contributed by atoms with Gasteiger partial charge in [-0.15, -0.1) is 13.1 Å². The molecule has 0 saturated heterocycles. The summed E-state index contributed by atoms with van der Waals surface area (Å²) in [7, 11) is 8.28. The first-order valence-electron chi connectivity index (χ1n) is 6.28. The molecule has 0 atom stereocenters. The molecule has 0 aliphatic rings. The fourth-order valence-corrected chi connectivity index (χ4v) is 2.59. The first kappa shape index (κ1) is 19.1. The summed E-state index contributed by atoms with van der Waals surface area (Å²) in [6.07, 6.45) is 0. The van der Waals surface area contributed by atoms with Gasteiger partial charge in [0.05, 0.1) is 0 Å². The van der Waals surface area contributed by atoms with Gasteiger partial charge in [0, 0.05) is 0 Å². The van der Waals surface area contributed by atoms with Crippen LogP contribution in [0.15, 0.2) is 0 Å². The first-order chi connectivity index (χ1) is 7.54. The third kappa shape index (κ3) is 24.1. The summed E-state index contributed by atoms with van der Waals surface area (Å²) < 4.78 is 3.07. The molecule has 0 aromatic rings. The summed E-state index contributed by atoms with van der Waals surface area (Å²) in [5.41, 5.74) is 0. The summed E-state index contributed by atoms with van der Waals surface area (Å²) in [5, 5.41) is 4.37. The molecule has 0 unspecified atom stereocenters. The molecular weight excluding hydrogens is 301 g/mol. The molecule has 0 aliphatic heterocycles. The molecule has 0 N–H and O–H groups in total. The molecule has 0 fully saturated rings. The van der Waals surface area contributed by atoms with Gasteiger partial charge in [0.25, 0.3) is 0 Å². The van der Waals surface area contributed by atoms with E-state index in [-0.39, 0.29) is 22.9 Å². The van der Waals surface area contributed by atoms with Gasteiger partial charge in [0.15, 0.2) is 0 Å². The average molecular weight is 331 g/mol. The summed E-state index contributed by atoms with van der Waals surface area (Å²) in [6.45, 7) is 8.64. The maximum atomic E-state index is 4.37. The Labute approximate surface area is 114 Å². The standard InChI is InChI=1S/C8H20N3.2C2H5.In/c1-10(2)7-5-9-6-8-11(3)4;2*1-2;/h5-8H2,1-4H3;2*1H2,2H3;/q-1;;;+1. The molecule has 0 aliphatic carbocycles. The van der Waals surface area contributed by atoms with Gasteiger partial charge >= 0.3 is 45.1 Å². The second-order valence-corrected chi connectivity index (χ2v) is 10.7. The topological polar surface area (TPSA) is 20.6 Å². The quantitative estimate of drug-likeness (QED) is 0.635. The molecule has 0 aromatic heterocycles. The van der Waals surface area contributed by atoms with Gasteiger partial charge in [-0.25, -0.2) is 0 Å². The third-order valence-electron chi connectivity index (χ3n) is 1.99. The molecule has 0 heterocycles. The van der Waals surface area contributed by atoms with Crippen LogP contribution in [-0.4, -0.2) is 87.1 Å². The van der Waals surface area contributed by atoms with Crippen LogP contribution < -0.4 is 0 Å². The van der Waals surface area contributed by atoms with Crippen molar-refractivity contribution in [3.63, 3.8) is 0 Å². The zero-order chi connectivity index (χ0) is 12.8. The number of hydrogen-bond donors (Lipinski definition) is 0. The maximum absolute atomic E-state index is 4.37. The van der Waals surface area contributed by atoms with Crippen LogP contribution in [0.3, 0.4) is 0 Å². The van der Waals surface area contributed by atoms with Crippen LogP contribution in [0.1, 0.15) is 13.8 Å². The van der Waals surface area contributed by atoms with Crippen molar-refractivity contribution in [2.24, 2.45) is 0 Å². The minimum atomic E-state index is 0.0800. The van der Waals surface area contributed by atoms with E-state index in [4.69, 9.17) is 0 Å². The molecule has 0 amide bonds. The first-order valence-corrected chi connectivity index (χ1v) is 10.9. The average Bonchev–Trinajstić information content (AvgIpc) is 2.18. The van der Waals surface area contributed by atoms with E-state index in [1.54, 1.807) is 0 Å². The molecule has 0 rings (SSSR count). The van der Waals surface area contributed by atoms with Crippen molar-refractivity contribution >= 4 is 22.9 Å². The number of nitrogens with zero attached hydrogens (tertiary/aromatic N) is 3. The monoisotopic (exact) mass is 331 g/mol. The van der Waals surface area contributed by atoms with E-state index >= 15 is 0 Å². The van der Waals surface area contributed by atoms with Crippen molar-refractivity contribution in [2.75, 3.05) is 54.4 Å². The van der Waals surface area contributed by atoms with Gasteiger partial charge in [-0.2, -0.15) is 0 Å². The second-order valence-electron chi connectivity index (χ2n) is 4.38. The fraction of sp³-hybridized carbons (Fsp3) is 1.00. The molecule has 0 radical (unpaired) electrons. The van der Waals surface area contributed by atoms with Crippen molar-refractivity contribution < 1.29 is 0 Å². The van der Waals surface area contributed by atoms with E-state index in [2.05, 4.69) is 57.2 Å². The van der Waals surface area contributed by atoms with Gasteiger partial charge in [0.1, 0.15) is 0 Å². The van der Waals surface area contributed by atoms with Crippen LogP contribution in [0.5, 0.6) is 0 Å². The second kappa shape index (κ2) is 15.8. The van der Waals surface area contributed by atoms with E-state index in [1.165, 1.54) is 8.35 Å². The molecule has 0 aromatic carbocycles. The zero-order valence-electron chi connectivity index (χ0n) is 12.2. The molecule has 3 nitrogen and oxygen atoms in total. The van der Waals surface area contributed by atoms with Crippen molar-refractivity contribution in [3.8, 4) is 0 Å². The zero-order valence-corrected chi connectivity index (χ0v) is 15.5. The van der Waals surface area contributed by atoms with Crippen LogP contribution in [0, 0.1) is 0 Å². The van der Waals surface area contributed by atoms with E-state index in [0.29, 0.717) is 0 Å². The minimum absolute atomic E-state index is 0.0800. The Balaban J connectivity index is 0. The van der Waals surface area contributed by atoms with Gasteiger partial charge in [-0.3, -0.25) is 0 Å². The van der Waals surface area contributed by atoms with Crippen molar-refractivity contribution in [1.29, 1.82) is 0 Å². The Kier molecular flexibility index (Phi) is 18.8. The Morgan fingerprint density at radius 2 is 1.19 bits per heavy atom. The number of likely N-dealkylation sites (N-methyl/N-ethyl adjacent to an activating group) is 2. The Bertz CT molecular complexity index is 107. The Morgan fingerprint density at radius 3 is 1.38 bits per heavy atom. The van der Waals surface area contributed by atoms with Gasteiger partial charge < -0.3 is 15.1 Å². The van der Waals surface area contributed by atoms with Crippen molar-refractivity contribution in [1.82, 2.24) is 9.80 Å². The van der Waals surface area contributed by atoms with E-state index < -0.39 is 0 Å². The molecule has 4 heteroatoms. The summed E-state index contributed by atoms with van der Waals surface area (Å²) in [5.74, 6) is 0. The van der Waals surface area contributed by atoms with Crippen molar-refractivity contribution in [3.05, 3.63) is 5.32 Å². The van der Waals surface area contributed by atoms with Gasteiger partial charge in [-0.05, 0) is 41.3 Å². The molecule has 0 bridgehead atoms. The van der Waals surface area contributed by atoms with Crippen LogP contribution in [-0.2, 0) is 0 Å². The van der Waals surface area contributed by atoms with Crippen LogP contribution >= 0.6 is 0 Å². The fourth-order valence-electron chi connectivity index (χ4n) is 0.942. The van der Waals surface area contributed by atoms with Gasteiger partial charge in [-0.1, -0.05) is 0 Å². The summed E-state index contributed by atoms with van der Waals surface area (Å²) in [4.78, 5) is 4.30. The SMILES string of the molecule is CN(C)CC[N-]CCN(C)C.C[CH2][In+][CH2]C. The van der Waals surface area contributed by atoms with Crippen molar-refractivity contribution in [2.45, 2.75) is 22.2 Å². The normalized spacial score (nSPS) is 10.0. The van der Waals surface area contributed by atoms with Gasteiger partial charge in [0.2, 0.25) is 0 Å². The molecule has 16 heavy (non-hydrogen) atoms. The predicted octanol–water partition coefficient (Wildman–Crippen LogP) is 2.05. The molecule has 0 spiro atoms. The third-order valence-corrected chi connectivity index (χ3v) is 5.28. The predicted molar refractivity (Wildman–Crippen MR) is 76.9 cm³/mol. The molecule has 96 valence electrons. The van der Waals surface area contributed by atoms with E-state index in [9.17, 15) is 0 Å². The summed E-state index contributed by atoms with van der Waals surface area (Å²) >= 11 is 0.0800. The number of rotatable bonds is 8. The van der Waals surface area contributed by atoms with Crippen LogP contribution in [0.25, 0.3) is 5.32 Å². The Morgan fingerprint density at radius 1 is 0.812 bits per heavy atom. The van der Waals surface area contributed by atoms with Crippen LogP contribution in [0.4, 0.5) is 0 Å². The molecule has 0 saturated carbocycles. The van der Waals surface area contributed by atoms with E-state index in [1.807, 2.05) is 0 Å².